The molecule has 0 aromatic heterocycles. The van der Waals surface area contributed by atoms with Crippen LogP contribution in [0, 0.1) is 10.1 Å². The number of anilines is 1. The Morgan fingerprint density at radius 2 is 1.83 bits per heavy atom. The second kappa shape index (κ2) is 10.1. The summed E-state index contributed by atoms with van der Waals surface area (Å²) in [7, 11) is 3.01. The number of benzene rings is 2. The van der Waals surface area contributed by atoms with Crippen molar-refractivity contribution in [2.24, 2.45) is 0 Å². The monoisotopic (exact) mass is 402 g/mol. The van der Waals surface area contributed by atoms with E-state index in [0.717, 1.165) is 11.8 Å². The van der Waals surface area contributed by atoms with Crippen LogP contribution >= 0.6 is 0 Å². The van der Waals surface area contributed by atoms with Crippen LogP contribution in [0.2, 0.25) is 0 Å². The molecule has 2 aromatic rings. The van der Waals surface area contributed by atoms with E-state index in [1.54, 1.807) is 18.2 Å². The zero-order valence-corrected chi connectivity index (χ0v) is 16.4. The van der Waals surface area contributed by atoms with Crippen LogP contribution in [-0.2, 0) is 22.6 Å². The van der Waals surface area contributed by atoms with Crippen LogP contribution in [0.15, 0.2) is 30.3 Å². The molecule has 0 saturated heterocycles. The molecule has 0 radical (unpaired) electrons. The van der Waals surface area contributed by atoms with Crippen molar-refractivity contribution in [2.75, 3.05) is 26.1 Å². The number of nitrogens with one attached hydrogen (secondary N) is 1. The number of nitrogens with zero attached hydrogens (tertiary/aromatic N) is 1. The molecule has 0 heterocycles. The lowest BCUT2D eigenvalue weighted by atomic mass is 10.0. The first kappa shape index (κ1) is 21.7. The zero-order chi connectivity index (χ0) is 21.4. The van der Waals surface area contributed by atoms with Gasteiger partial charge >= 0.3 is 5.97 Å². The van der Waals surface area contributed by atoms with Gasteiger partial charge < -0.3 is 19.5 Å². The molecule has 154 valence electrons. The highest BCUT2D eigenvalue weighted by molar-refractivity contribution is 5.79. The molecular weight excluding hydrogens is 380 g/mol. The highest BCUT2D eigenvalue weighted by Crippen LogP contribution is 2.30. The van der Waals surface area contributed by atoms with Crippen molar-refractivity contribution in [1.82, 2.24) is 0 Å². The fraction of sp³-hybridized carbons (Fsp3) is 0.300. The Labute approximate surface area is 167 Å². The quantitative estimate of drug-likeness (QED) is 0.279. The summed E-state index contributed by atoms with van der Waals surface area (Å²) in [5.41, 5.74) is 2.23. The smallest absolute Gasteiger partial charge is 0.302 e. The summed E-state index contributed by atoms with van der Waals surface area (Å²) in [6, 6.07) is 7.64. The normalized spacial score (nSPS) is 10.2. The summed E-state index contributed by atoms with van der Waals surface area (Å²) in [5, 5.41) is 14.2. The molecule has 0 aliphatic heterocycles. The molecule has 29 heavy (non-hydrogen) atoms. The number of nitro groups is 1. The number of nitro benzene ring substituents is 1. The van der Waals surface area contributed by atoms with Gasteiger partial charge in [-0.3, -0.25) is 19.7 Å². The highest BCUT2D eigenvalue weighted by Gasteiger charge is 2.13. The van der Waals surface area contributed by atoms with Gasteiger partial charge in [0.25, 0.3) is 5.69 Å². The van der Waals surface area contributed by atoms with Crippen molar-refractivity contribution < 1.29 is 28.7 Å². The highest BCUT2D eigenvalue weighted by atomic mass is 16.6. The minimum atomic E-state index is -0.513. The number of non-ortho nitro benzene ring substituents is 1. The van der Waals surface area contributed by atoms with Gasteiger partial charge in [-0.25, -0.2) is 0 Å². The van der Waals surface area contributed by atoms with Gasteiger partial charge in [0.15, 0.2) is 11.5 Å². The van der Waals surface area contributed by atoms with Gasteiger partial charge in [-0.05, 0) is 30.2 Å². The predicted molar refractivity (Wildman–Crippen MR) is 106 cm³/mol. The van der Waals surface area contributed by atoms with Crippen molar-refractivity contribution in [3.63, 3.8) is 0 Å². The second-order valence-electron chi connectivity index (χ2n) is 6.08. The molecule has 0 fully saturated rings. The topological polar surface area (TPSA) is 117 Å². The molecule has 2 rings (SSSR count). The van der Waals surface area contributed by atoms with Crippen LogP contribution in [0.1, 0.15) is 28.4 Å². The van der Waals surface area contributed by atoms with E-state index >= 15 is 0 Å². The van der Waals surface area contributed by atoms with Gasteiger partial charge in [0.2, 0.25) is 0 Å². The first-order chi connectivity index (χ1) is 13.9. The van der Waals surface area contributed by atoms with Crippen LogP contribution in [0.5, 0.6) is 11.5 Å². The number of rotatable bonds is 10. The number of ether oxygens (including phenoxy) is 3. The van der Waals surface area contributed by atoms with Crippen molar-refractivity contribution in [3.05, 3.63) is 57.1 Å². The van der Waals surface area contributed by atoms with Crippen molar-refractivity contribution in [2.45, 2.75) is 20.0 Å². The van der Waals surface area contributed by atoms with E-state index in [2.05, 4.69) is 5.32 Å². The SMILES string of the molecule is COc1cc(C=O)c(CCNc2ccc([N+](=O)[O-])cc2COC(C)=O)cc1OC. The molecule has 0 aliphatic rings. The van der Waals surface area contributed by atoms with E-state index in [1.165, 1.54) is 33.3 Å². The number of aldehydes is 1. The lowest BCUT2D eigenvalue weighted by molar-refractivity contribution is -0.384. The van der Waals surface area contributed by atoms with Gasteiger partial charge in [-0.1, -0.05) is 0 Å². The summed E-state index contributed by atoms with van der Waals surface area (Å²) in [5.74, 6) is 0.493. The first-order valence-corrected chi connectivity index (χ1v) is 8.74. The Kier molecular flexibility index (Phi) is 7.53. The molecule has 2 aromatic carbocycles. The van der Waals surface area contributed by atoms with Gasteiger partial charge in [0.05, 0.1) is 19.1 Å². The molecule has 0 unspecified atom stereocenters. The zero-order valence-electron chi connectivity index (χ0n) is 16.4. The maximum Gasteiger partial charge on any atom is 0.302 e. The third kappa shape index (κ3) is 5.68. The van der Waals surface area contributed by atoms with E-state index in [-0.39, 0.29) is 12.3 Å². The van der Waals surface area contributed by atoms with Crippen LogP contribution in [-0.4, -0.2) is 37.9 Å². The van der Waals surface area contributed by atoms with Crippen molar-refractivity contribution in [3.8, 4) is 11.5 Å². The largest absolute Gasteiger partial charge is 0.493 e. The van der Waals surface area contributed by atoms with Gasteiger partial charge in [0.1, 0.15) is 12.9 Å². The number of hydrogen-bond donors (Lipinski definition) is 1. The van der Waals surface area contributed by atoms with Gasteiger partial charge in [-0.15, -0.1) is 0 Å². The van der Waals surface area contributed by atoms with Crippen molar-refractivity contribution >= 4 is 23.6 Å². The average Bonchev–Trinajstić information content (AvgIpc) is 2.71. The number of carbonyl (C=O) groups is 2. The summed E-state index contributed by atoms with van der Waals surface area (Å²) >= 11 is 0. The molecule has 0 spiro atoms. The van der Waals surface area contributed by atoms with Gasteiger partial charge in [-0.2, -0.15) is 0 Å². The minimum absolute atomic E-state index is 0.0880. The van der Waals surface area contributed by atoms with Crippen LogP contribution in [0.4, 0.5) is 11.4 Å². The molecule has 9 nitrogen and oxygen atoms in total. The van der Waals surface area contributed by atoms with E-state index in [9.17, 15) is 19.7 Å². The third-order valence-corrected chi connectivity index (χ3v) is 4.21. The number of esters is 1. The lowest BCUT2D eigenvalue weighted by Crippen LogP contribution is -2.10. The number of carbonyl (C=O) groups excluding carboxylic acids is 2. The lowest BCUT2D eigenvalue weighted by Gasteiger charge is -2.14. The molecule has 0 aliphatic carbocycles. The Balaban J connectivity index is 2.18. The summed E-state index contributed by atoms with van der Waals surface area (Å²) < 4.78 is 15.5. The molecule has 0 amide bonds. The predicted octanol–water partition coefficient (Wildman–Crippen LogP) is 3.14. The standard InChI is InChI=1S/C20H22N2O7/c1-13(24)29-12-16-8-17(22(25)26)4-5-18(16)21-7-6-14-9-19(27-2)20(28-3)10-15(14)11-23/h4-5,8-11,21H,6-7,12H2,1-3H3. The Bertz CT molecular complexity index is 912. The van der Waals surface area contributed by atoms with E-state index in [4.69, 9.17) is 14.2 Å². The molecular formula is C20H22N2O7. The summed E-state index contributed by atoms with van der Waals surface area (Å²) in [4.78, 5) is 33.0. The number of hydrogen-bond acceptors (Lipinski definition) is 8. The average molecular weight is 402 g/mol. The Morgan fingerprint density at radius 3 is 2.41 bits per heavy atom. The third-order valence-electron chi connectivity index (χ3n) is 4.21. The molecule has 0 bridgehead atoms. The first-order valence-electron chi connectivity index (χ1n) is 8.74. The fourth-order valence-electron chi connectivity index (χ4n) is 2.76. The maximum absolute atomic E-state index is 11.4. The number of methoxy groups -OCH3 is 2. The maximum atomic E-state index is 11.4. The van der Waals surface area contributed by atoms with Crippen LogP contribution in [0.25, 0.3) is 0 Å². The molecule has 0 atom stereocenters. The molecule has 1 N–H and O–H groups in total. The van der Waals surface area contributed by atoms with E-state index in [0.29, 0.717) is 41.3 Å². The van der Waals surface area contributed by atoms with E-state index < -0.39 is 10.9 Å². The van der Waals surface area contributed by atoms with Crippen LogP contribution in [0.3, 0.4) is 0 Å². The Hall–Kier alpha value is -3.62. The van der Waals surface area contributed by atoms with E-state index in [1.807, 2.05) is 0 Å². The summed E-state index contributed by atoms with van der Waals surface area (Å²) in [6.45, 7) is 1.61. The van der Waals surface area contributed by atoms with Crippen molar-refractivity contribution in [1.29, 1.82) is 0 Å². The Morgan fingerprint density at radius 1 is 1.14 bits per heavy atom. The molecule has 0 saturated carbocycles. The molecule has 9 heteroatoms. The van der Waals surface area contributed by atoms with Gasteiger partial charge in [0, 0.05) is 42.4 Å². The fourth-order valence-corrected chi connectivity index (χ4v) is 2.76. The summed E-state index contributed by atoms with van der Waals surface area (Å²) in [6.07, 6.45) is 1.23. The van der Waals surface area contributed by atoms with Crippen LogP contribution < -0.4 is 14.8 Å². The second-order valence-corrected chi connectivity index (χ2v) is 6.08. The minimum Gasteiger partial charge on any atom is -0.493 e.